The van der Waals surface area contributed by atoms with Crippen molar-refractivity contribution in [3.63, 3.8) is 0 Å². The van der Waals surface area contributed by atoms with Crippen LogP contribution in [0.5, 0.6) is 0 Å². The Labute approximate surface area is 91.3 Å². The molecule has 0 rings (SSSR count). The average molecular weight is 266 g/mol. The van der Waals surface area contributed by atoms with E-state index in [1.807, 2.05) is 0 Å². The molecule has 0 heterocycles. The largest absolute Gasteiger partial charge is 0.460 e. The molecular formula is C7H8F6N2O2. The number of Topliss-reactive ketones (excluding diaryl/α,β-unsaturated/α-hetero) is 1. The molecule has 0 aromatic carbocycles. The summed E-state index contributed by atoms with van der Waals surface area (Å²) in [4.78, 5) is 21.0. The van der Waals surface area contributed by atoms with Crippen molar-refractivity contribution in [2.75, 3.05) is 7.05 Å². The van der Waals surface area contributed by atoms with E-state index >= 15 is 0 Å². The highest BCUT2D eigenvalue weighted by molar-refractivity contribution is 6.35. The summed E-state index contributed by atoms with van der Waals surface area (Å²) in [6, 6.07) is 0. The maximum atomic E-state index is 13.3. The highest BCUT2D eigenvalue weighted by Crippen LogP contribution is 2.42. The van der Waals surface area contributed by atoms with E-state index in [-0.39, 0.29) is 0 Å². The highest BCUT2D eigenvalue weighted by Gasteiger charge is 2.72. The molecule has 0 fully saturated rings. The van der Waals surface area contributed by atoms with Crippen LogP contribution < -0.4 is 10.6 Å². The van der Waals surface area contributed by atoms with Crippen LogP contribution in [-0.2, 0) is 9.59 Å². The molecule has 0 aliphatic heterocycles. The minimum absolute atomic E-state index is 0.431. The third-order valence-electron chi connectivity index (χ3n) is 1.74. The van der Waals surface area contributed by atoms with E-state index in [4.69, 9.17) is 0 Å². The van der Waals surface area contributed by atoms with Gasteiger partial charge in [-0.1, -0.05) is 0 Å². The fraction of sp³-hybridized carbons (Fsp3) is 0.714. The zero-order valence-electron chi connectivity index (χ0n) is 8.58. The summed E-state index contributed by atoms with van der Waals surface area (Å²) < 4.78 is 74.5. The molecule has 0 spiro atoms. The van der Waals surface area contributed by atoms with Crippen molar-refractivity contribution in [3.8, 4) is 0 Å². The van der Waals surface area contributed by atoms with Gasteiger partial charge < -0.3 is 0 Å². The van der Waals surface area contributed by atoms with E-state index in [2.05, 4.69) is 0 Å². The maximum absolute atomic E-state index is 13.3. The number of carbonyl (C=O) groups excluding carboxylic acids is 2. The average Bonchev–Trinajstić information content (AvgIpc) is 2.15. The topological polar surface area (TPSA) is 58.2 Å². The lowest BCUT2D eigenvalue weighted by molar-refractivity contribution is -0.336. The summed E-state index contributed by atoms with van der Waals surface area (Å²) >= 11 is 0. The molecule has 0 saturated carbocycles. The molecule has 0 aliphatic carbocycles. The van der Waals surface area contributed by atoms with E-state index in [1.54, 1.807) is 0 Å². The molecule has 0 aromatic rings. The first kappa shape index (κ1) is 15.7. The minimum Gasteiger partial charge on any atom is -0.299 e. The van der Waals surface area contributed by atoms with E-state index < -0.39 is 29.7 Å². The molecule has 4 nitrogen and oxygen atoms in total. The van der Waals surface area contributed by atoms with Crippen LogP contribution in [0.25, 0.3) is 0 Å². The molecule has 1 unspecified atom stereocenters. The Hall–Kier alpha value is -1.32. The lowest BCUT2D eigenvalue weighted by Gasteiger charge is -2.34. The lowest BCUT2D eigenvalue weighted by Crippen LogP contribution is -2.70. The predicted octanol–water partition coefficient (Wildman–Crippen LogP) is 0.732. The van der Waals surface area contributed by atoms with Gasteiger partial charge in [0.1, 0.15) is 0 Å². The predicted molar refractivity (Wildman–Crippen MR) is 42.7 cm³/mol. The zero-order valence-corrected chi connectivity index (χ0v) is 8.58. The highest BCUT2D eigenvalue weighted by atomic mass is 19.4. The Bertz CT molecular complexity index is 329. The van der Waals surface area contributed by atoms with Crippen LogP contribution in [0.15, 0.2) is 0 Å². The van der Waals surface area contributed by atoms with Crippen LogP contribution in [0.4, 0.5) is 26.3 Å². The second-order valence-electron chi connectivity index (χ2n) is 2.99. The number of ketones is 1. The fourth-order valence-corrected chi connectivity index (χ4v) is 0.738. The molecule has 0 aliphatic rings. The Kier molecular flexibility index (Phi) is 4.16. The number of hydrogen-bond donors (Lipinski definition) is 2. The lowest BCUT2D eigenvalue weighted by atomic mass is 10.2. The summed E-state index contributed by atoms with van der Waals surface area (Å²) in [5.41, 5.74) is 0. The van der Waals surface area contributed by atoms with Gasteiger partial charge in [0.15, 0.2) is 0 Å². The molecule has 1 amide bonds. The zero-order chi connectivity index (χ0) is 14.1. The fourth-order valence-electron chi connectivity index (χ4n) is 0.738. The third-order valence-corrected chi connectivity index (χ3v) is 1.74. The van der Waals surface area contributed by atoms with E-state index in [0.29, 0.717) is 19.3 Å². The minimum atomic E-state index is -6.24. The second-order valence-corrected chi connectivity index (χ2v) is 2.99. The van der Waals surface area contributed by atoms with Crippen LogP contribution in [0.2, 0.25) is 0 Å². The van der Waals surface area contributed by atoms with E-state index in [0.717, 1.165) is 5.32 Å². The van der Waals surface area contributed by atoms with Crippen LogP contribution in [0.3, 0.4) is 0 Å². The normalized spacial score (nSPS) is 16.2. The van der Waals surface area contributed by atoms with Crippen LogP contribution in [-0.4, -0.2) is 36.8 Å². The van der Waals surface area contributed by atoms with Crippen LogP contribution in [0, 0.1) is 0 Å². The summed E-state index contributed by atoms with van der Waals surface area (Å²) in [5.74, 6) is -13.8. The third kappa shape index (κ3) is 2.87. The summed E-state index contributed by atoms with van der Waals surface area (Å²) in [6.45, 7) is 0.581. The molecule has 1 atom stereocenters. The quantitative estimate of drug-likeness (QED) is 0.341. The van der Waals surface area contributed by atoms with E-state index in [1.165, 1.54) is 0 Å². The van der Waals surface area contributed by atoms with E-state index in [9.17, 15) is 35.9 Å². The van der Waals surface area contributed by atoms with Gasteiger partial charge in [-0.2, -0.15) is 26.3 Å². The Morgan fingerprint density at radius 3 is 1.65 bits per heavy atom. The SMILES string of the molecule is CNC(F)(NC(=O)C(C)=O)C(F)(F)C(F)(F)F. The first-order chi connectivity index (χ1) is 7.39. The smallest absolute Gasteiger partial charge is 0.299 e. The molecule has 100 valence electrons. The Morgan fingerprint density at radius 2 is 1.41 bits per heavy atom. The van der Waals surface area contributed by atoms with Crippen molar-refractivity contribution >= 4 is 11.7 Å². The van der Waals surface area contributed by atoms with Crippen molar-refractivity contribution in [1.29, 1.82) is 0 Å². The maximum Gasteiger partial charge on any atom is 0.460 e. The number of rotatable bonds is 4. The number of halogens is 6. The molecule has 0 aromatic heterocycles. The first-order valence-electron chi connectivity index (χ1n) is 4.04. The van der Waals surface area contributed by atoms with Gasteiger partial charge in [0, 0.05) is 6.92 Å². The van der Waals surface area contributed by atoms with Gasteiger partial charge in [-0.05, 0) is 7.05 Å². The summed E-state index contributed by atoms with van der Waals surface area (Å²) in [6.07, 6.45) is -6.24. The van der Waals surface area contributed by atoms with Gasteiger partial charge in [0.25, 0.3) is 5.91 Å². The number of carbonyl (C=O) groups is 2. The molecule has 10 heteroatoms. The number of alkyl halides is 6. The molecule has 0 saturated heterocycles. The summed E-state index contributed by atoms with van der Waals surface area (Å²) in [7, 11) is 0.431. The summed E-state index contributed by atoms with van der Waals surface area (Å²) in [5, 5.41) is 1.64. The number of amides is 1. The molecular weight excluding hydrogens is 258 g/mol. The Balaban J connectivity index is 5.29. The van der Waals surface area contributed by atoms with Crippen molar-refractivity contribution in [2.45, 2.75) is 24.9 Å². The standard InChI is InChI=1S/C7H8F6N2O2/c1-3(16)4(17)15-7(13,14-2)5(8,9)6(10,11)12/h14H,1-2H3,(H,15,17). The van der Waals surface area contributed by atoms with Crippen LogP contribution in [0.1, 0.15) is 6.92 Å². The van der Waals surface area contributed by atoms with Crippen LogP contribution >= 0.6 is 0 Å². The van der Waals surface area contributed by atoms with Gasteiger partial charge in [0.2, 0.25) is 5.78 Å². The van der Waals surface area contributed by atoms with Gasteiger partial charge in [0.05, 0.1) is 0 Å². The Morgan fingerprint density at radius 1 is 1.00 bits per heavy atom. The number of hydrogen-bond acceptors (Lipinski definition) is 3. The van der Waals surface area contributed by atoms with Gasteiger partial charge >= 0.3 is 18.0 Å². The molecule has 0 radical (unpaired) electrons. The molecule has 17 heavy (non-hydrogen) atoms. The van der Waals surface area contributed by atoms with Gasteiger partial charge in [-0.15, -0.1) is 0 Å². The number of nitrogens with one attached hydrogen (secondary N) is 2. The van der Waals surface area contributed by atoms with Gasteiger partial charge in [-0.25, -0.2) is 0 Å². The van der Waals surface area contributed by atoms with Crippen molar-refractivity contribution in [1.82, 2.24) is 10.6 Å². The van der Waals surface area contributed by atoms with Crippen molar-refractivity contribution in [2.24, 2.45) is 0 Å². The van der Waals surface area contributed by atoms with Gasteiger partial charge in [-0.3, -0.25) is 20.2 Å². The second kappa shape index (κ2) is 4.51. The molecule has 2 N–H and O–H groups in total. The van der Waals surface area contributed by atoms with Crippen molar-refractivity contribution < 1.29 is 35.9 Å². The monoisotopic (exact) mass is 266 g/mol. The van der Waals surface area contributed by atoms with Crippen molar-refractivity contribution in [3.05, 3.63) is 0 Å². The first-order valence-corrected chi connectivity index (χ1v) is 4.04. The molecule has 0 bridgehead atoms.